The SMILES string of the molecule is C=CCCNS(=O)(=O)c1ccc(N)cc1C(=O)OC. The fourth-order valence-electron chi connectivity index (χ4n) is 1.42. The van der Waals surface area contributed by atoms with Gasteiger partial charge in [0.25, 0.3) is 0 Å². The number of nitrogens with two attached hydrogens (primary N) is 1. The predicted octanol–water partition coefficient (Wildman–Crippen LogP) is 0.910. The normalized spacial score (nSPS) is 11.0. The lowest BCUT2D eigenvalue weighted by atomic mass is 10.2. The molecule has 0 aliphatic carbocycles. The average molecular weight is 284 g/mol. The third-order valence-corrected chi connectivity index (χ3v) is 3.86. The molecule has 0 unspecified atom stereocenters. The number of benzene rings is 1. The maximum atomic E-state index is 12.1. The Labute approximate surface area is 112 Å². The number of nitrogen functional groups attached to an aromatic ring is 1. The van der Waals surface area contributed by atoms with Gasteiger partial charge in [-0.05, 0) is 24.6 Å². The van der Waals surface area contributed by atoms with Gasteiger partial charge in [0.05, 0.1) is 17.6 Å². The highest BCUT2D eigenvalue weighted by molar-refractivity contribution is 7.89. The third kappa shape index (κ3) is 3.80. The van der Waals surface area contributed by atoms with Crippen LogP contribution in [0.2, 0.25) is 0 Å². The van der Waals surface area contributed by atoms with Gasteiger partial charge in [-0.25, -0.2) is 17.9 Å². The number of sulfonamides is 1. The number of ether oxygens (including phenoxy) is 1. The number of methoxy groups -OCH3 is 1. The summed E-state index contributed by atoms with van der Waals surface area (Å²) in [7, 11) is -2.62. The van der Waals surface area contributed by atoms with E-state index >= 15 is 0 Å². The second kappa shape index (κ2) is 6.35. The Bertz CT molecular complexity index is 581. The van der Waals surface area contributed by atoms with E-state index in [1.54, 1.807) is 6.08 Å². The van der Waals surface area contributed by atoms with Gasteiger partial charge >= 0.3 is 5.97 Å². The fraction of sp³-hybridized carbons (Fsp3) is 0.250. The van der Waals surface area contributed by atoms with E-state index in [9.17, 15) is 13.2 Å². The molecule has 0 radical (unpaired) electrons. The minimum atomic E-state index is -3.79. The summed E-state index contributed by atoms with van der Waals surface area (Å²) in [5.41, 5.74) is 5.74. The highest BCUT2D eigenvalue weighted by atomic mass is 32.2. The van der Waals surface area contributed by atoms with E-state index in [0.717, 1.165) is 0 Å². The van der Waals surface area contributed by atoms with Gasteiger partial charge < -0.3 is 10.5 Å². The molecule has 0 saturated carbocycles. The lowest BCUT2D eigenvalue weighted by Crippen LogP contribution is -2.26. The Balaban J connectivity index is 3.18. The van der Waals surface area contributed by atoms with Crippen LogP contribution in [0.3, 0.4) is 0 Å². The summed E-state index contributed by atoms with van der Waals surface area (Å²) in [6, 6.07) is 3.96. The van der Waals surface area contributed by atoms with Crippen molar-refractivity contribution in [3.63, 3.8) is 0 Å². The van der Waals surface area contributed by atoms with Gasteiger partial charge in [0.1, 0.15) is 0 Å². The standard InChI is InChI=1S/C12H16N2O4S/c1-3-4-7-14-19(16,17)11-6-5-9(13)8-10(11)12(15)18-2/h3,5-6,8,14H,1,4,7,13H2,2H3. The number of carbonyl (C=O) groups excluding carboxylic acids is 1. The zero-order valence-electron chi connectivity index (χ0n) is 10.5. The number of hydrogen-bond donors (Lipinski definition) is 2. The second-order valence-corrected chi connectivity index (χ2v) is 5.46. The molecule has 19 heavy (non-hydrogen) atoms. The molecule has 0 aromatic heterocycles. The lowest BCUT2D eigenvalue weighted by Gasteiger charge is -2.10. The molecule has 0 spiro atoms. The molecule has 1 aromatic rings. The Kier molecular flexibility index (Phi) is 5.08. The minimum Gasteiger partial charge on any atom is -0.465 e. The molecule has 0 bridgehead atoms. The molecule has 7 heteroatoms. The first kappa shape index (κ1) is 15.2. The van der Waals surface area contributed by atoms with Crippen molar-refractivity contribution in [3.8, 4) is 0 Å². The van der Waals surface area contributed by atoms with Crippen molar-refractivity contribution < 1.29 is 17.9 Å². The first-order valence-corrected chi connectivity index (χ1v) is 6.99. The van der Waals surface area contributed by atoms with Crippen LogP contribution in [-0.2, 0) is 14.8 Å². The smallest absolute Gasteiger partial charge is 0.339 e. The highest BCUT2D eigenvalue weighted by Crippen LogP contribution is 2.19. The van der Waals surface area contributed by atoms with E-state index in [-0.39, 0.29) is 22.7 Å². The molecule has 1 rings (SSSR count). The third-order valence-electron chi connectivity index (χ3n) is 2.34. The molecule has 3 N–H and O–H groups in total. The quantitative estimate of drug-likeness (QED) is 0.350. The van der Waals surface area contributed by atoms with Crippen molar-refractivity contribution in [1.29, 1.82) is 0 Å². The van der Waals surface area contributed by atoms with Gasteiger partial charge in [0, 0.05) is 12.2 Å². The number of nitrogens with one attached hydrogen (secondary N) is 1. The van der Waals surface area contributed by atoms with Crippen molar-refractivity contribution in [2.45, 2.75) is 11.3 Å². The molecule has 0 aliphatic rings. The zero-order chi connectivity index (χ0) is 14.5. The predicted molar refractivity (Wildman–Crippen MR) is 72.2 cm³/mol. The van der Waals surface area contributed by atoms with Crippen LogP contribution in [0.4, 0.5) is 5.69 Å². The van der Waals surface area contributed by atoms with Crippen molar-refractivity contribution in [1.82, 2.24) is 4.72 Å². The van der Waals surface area contributed by atoms with Crippen LogP contribution >= 0.6 is 0 Å². The molecule has 0 fully saturated rings. The van der Waals surface area contributed by atoms with Gasteiger partial charge in [-0.15, -0.1) is 6.58 Å². The van der Waals surface area contributed by atoms with Gasteiger partial charge in [0.15, 0.2) is 0 Å². The molecule has 0 amide bonds. The molecular weight excluding hydrogens is 268 g/mol. The van der Waals surface area contributed by atoms with Crippen LogP contribution in [0.25, 0.3) is 0 Å². The summed E-state index contributed by atoms with van der Waals surface area (Å²) in [5.74, 6) is -0.753. The van der Waals surface area contributed by atoms with Crippen LogP contribution in [0.5, 0.6) is 0 Å². The van der Waals surface area contributed by atoms with Gasteiger partial charge in [-0.2, -0.15) is 0 Å². The molecular formula is C12H16N2O4S. The molecule has 104 valence electrons. The van der Waals surface area contributed by atoms with Crippen LogP contribution in [0.1, 0.15) is 16.8 Å². The first-order chi connectivity index (χ1) is 8.92. The largest absolute Gasteiger partial charge is 0.465 e. The highest BCUT2D eigenvalue weighted by Gasteiger charge is 2.22. The fourth-order valence-corrected chi connectivity index (χ4v) is 2.65. The lowest BCUT2D eigenvalue weighted by molar-refractivity contribution is 0.0596. The number of anilines is 1. The Hall–Kier alpha value is -1.86. The van der Waals surface area contributed by atoms with E-state index in [1.165, 1.54) is 25.3 Å². The Morgan fingerprint density at radius 1 is 1.53 bits per heavy atom. The number of esters is 1. The summed E-state index contributed by atoms with van der Waals surface area (Å²) in [6.07, 6.45) is 2.08. The maximum Gasteiger partial charge on any atom is 0.339 e. The summed E-state index contributed by atoms with van der Waals surface area (Å²) >= 11 is 0. The molecule has 0 atom stereocenters. The summed E-state index contributed by atoms with van der Waals surface area (Å²) in [5, 5.41) is 0. The molecule has 0 heterocycles. The van der Waals surface area contributed by atoms with Crippen LogP contribution in [0, 0.1) is 0 Å². The maximum absolute atomic E-state index is 12.1. The topological polar surface area (TPSA) is 98.5 Å². The Morgan fingerprint density at radius 2 is 2.21 bits per heavy atom. The average Bonchev–Trinajstić information content (AvgIpc) is 2.37. The van der Waals surface area contributed by atoms with E-state index < -0.39 is 16.0 Å². The molecule has 6 nitrogen and oxygen atoms in total. The molecule has 0 aliphatic heterocycles. The minimum absolute atomic E-state index is 0.0893. The van der Waals surface area contributed by atoms with Crippen molar-refractivity contribution in [2.24, 2.45) is 0 Å². The number of carbonyl (C=O) groups is 1. The summed E-state index contributed by atoms with van der Waals surface area (Å²) in [4.78, 5) is 11.4. The summed E-state index contributed by atoms with van der Waals surface area (Å²) < 4.78 is 31.0. The summed E-state index contributed by atoms with van der Waals surface area (Å²) in [6.45, 7) is 3.70. The van der Waals surface area contributed by atoms with Crippen LogP contribution < -0.4 is 10.5 Å². The van der Waals surface area contributed by atoms with Crippen LogP contribution in [-0.4, -0.2) is 28.0 Å². The monoisotopic (exact) mass is 284 g/mol. The van der Waals surface area contributed by atoms with Crippen molar-refractivity contribution in [3.05, 3.63) is 36.4 Å². The van der Waals surface area contributed by atoms with Crippen molar-refractivity contribution in [2.75, 3.05) is 19.4 Å². The van der Waals surface area contributed by atoms with Crippen molar-refractivity contribution >= 4 is 21.7 Å². The molecule has 0 saturated heterocycles. The number of hydrogen-bond acceptors (Lipinski definition) is 5. The van der Waals surface area contributed by atoms with Gasteiger partial charge in [-0.3, -0.25) is 0 Å². The molecule has 1 aromatic carbocycles. The van der Waals surface area contributed by atoms with E-state index in [4.69, 9.17) is 5.73 Å². The first-order valence-electron chi connectivity index (χ1n) is 5.50. The van der Waals surface area contributed by atoms with Gasteiger partial charge in [0.2, 0.25) is 10.0 Å². The number of rotatable bonds is 6. The van der Waals surface area contributed by atoms with E-state index in [2.05, 4.69) is 16.0 Å². The second-order valence-electron chi connectivity index (χ2n) is 3.72. The Morgan fingerprint density at radius 3 is 2.79 bits per heavy atom. The zero-order valence-corrected chi connectivity index (χ0v) is 11.4. The van der Waals surface area contributed by atoms with E-state index in [0.29, 0.717) is 6.42 Å². The van der Waals surface area contributed by atoms with E-state index in [1.807, 2.05) is 0 Å². The van der Waals surface area contributed by atoms with Crippen LogP contribution in [0.15, 0.2) is 35.7 Å². The van der Waals surface area contributed by atoms with Gasteiger partial charge in [-0.1, -0.05) is 6.08 Å².